The quantitative estimate of drug-likeness (QED) is 0.658. The van der Waals surface area contributed by atoms with Gasteiger partial charge in [-0.05, 0) is 31.1 Å². The Morgan fingerprint density at radius 1 is 1.13 bits per heavy atom. The van der Waals surface area contributed by atoms with Crippen molar-refractivity contribution < 1.29 is 9.84 Å². The summed E-state index contributed by atoms with van der Waals surface area (Å²) >= 11 is 0. The van der Waals surface area contributed by atoms with Crippen LogP contribution in [-0.2, 0) is 4.74 Å². The van der Waals surface area contributed by atoms with Gasteiger partial charge in [0.05, 0.1) is 19.8 Å². The summed E-state index contributed by atoms with van der Waals surface area (Å²) in [5, 5.41) is 12.1. The highest BCUT2D eigenvalue weighted by Gasteiger charge is 2.22. The summed E-state index contributed by atoms with van der Waals surface area (Å²) in [4.78, 5) is 0. The second-order valence-corrected chi connectivity index (χ2v) is 4.90. The molecule has 2 N–H and O–H groups in total. The zero-order valence-electron chi connectivity index (χ0n) is 10.0. The van der Waals surface area contributed by atoms with E-state index >= 15 is 0 Å². The summed E-state index contributed by atoms with van der Waals surface area (Å²) in [6, 6.07) is 0.668. The maximum atomic E-state index is 8.54. The van der Waals surface area contributed by atoms with Crippen molar-refractivity contribution in [1.29, 1.82) is 0 Å². The highest BCUT2D eigenvalue weighted by Crippen LogP contribution is 2.28. The minimum atomic E-state index is 0.123. The van der Waals surface area contributed by atoms with Crippen LogP contribution in [0.25, 0.3) is 0 Å². The molecule has 3 heteroatoms. The molecule has 0 bridgehead atoms. The molecule has 3 atom stereocenters. The molecule has 0 aromatic carbocycles. The van der Waals surface area contributed by atoms with Gasteiger partial charge in [0.15, 0.2) is 0 Å². The summed E-state index contributed by atoms with van der Waals surface area (Å²) in [7, 11) is 0. The Hall–Kier alpha value is -0.120. The number of hydrogen-bond donors (Lipinski definition) is 2. The maximum absolute atomic E-state index is 8.54. The average molecular weight is 215 g/mol. The number of nitrogens with one attached hydrogen (secondary N) is 1. The molecule has 1 fully saturated rings. The second kappa shape index (κ2) is 7.20. The third-order valence-electron chi connectivity index (χ3n) is 3.09. The first-order valence-corrected chi connectivity index (χ1v) is 6.14. The van der Waals surface area contributed by atoms with Gasteiger partial charge in [0.1, 0.15) is 0 Å². The lowest BCUT2D eigenvalue weighted by Crippen LogP contribution is -2.38. The van der Waals surface area contributed by atoms with Crippen LogP contribution in [0.3, 0.4) is 0 Å². The van der Waals surface area contributed by atoms with E-state index in [1.165, 1.54) is 19.3 Å². The number of rotatable bonds is 6. The van der Waals surface area contributed by atoms with Gasteiger partial charge in [0.25, 0.3) is 0 Å². The molecule has 0 aliphatic heterocycles. The smallest absolute Gasteiger partial charge is 0.0698 e. The Morgan fingerprint density at radius 2 is 1.80 bits per heavy atom. The molecular weight excluding hydrogens is 190 g/mol. The highest BCUT2D eigenvalue weighted by molar-refractivity contribution is 4.79. The second-order valence-electron chi connectivity index (χ2n) is 4.90. The van der Waals surface area contributed by atoms with E-state index in [0.29, 0.717) is 19.3 Å². The summed E-state index contributed by atoms with van der Waals surface area (Å²) in [5.74, 6) is 1.70. The largest absolute Gasteiger partial charge is 0.394 e. The Morgan fingerprint density at radius 3 is 2.40 bits per heavy atom. The lowest BCUT2D eigenvalue weighted by Gasteiger charge is -2.32. The van der Waals surface area contributed by atoms with E-state index in [2.05, 4.69) is 19.2 Å². The molecule has 0 radical (unpaired) electrons. The van der Waals surface area contributed by atoms with Gasteiger partial charge in [0.2, 0.25) is 0 Å². The molecule has 1 aliphatic carbocycles. The molecule has 0 saturated heterocycles. The van der Waals surface area contributed by atoms with Crippen molar-refractivity contribution in [2.45, 2.75) is 39.2 Å². The van der Waals surface area contributed by atoms with Crippen molar-refractivity contribution in [3.8, 4) is 0 Å². The van der Waals surface area contributed by atoms with Gasteiger partial charge >= 0.3 is 0 Å². The zero-order chi connectivity index (χ0) is 11.1. The van der Waals surface area contributed by atoms with Crippen LogP contribution >= 0.6 is 0 Å². The lowest BCUT2D eigenvalue weighted by molar-refractivity contribution is 0.0903. The van der Waals surface area contributed by atoms with Crippen LogP contribution in [0.1, 0.15) is 33.1 Å². The normalized spacial score (nSPS) is 31.8. The fourth-order valence-electron chi connectivity index (χ4n) is 2.62. The van der Waals surface area contributed by atoms with E-state index in [0.717, 1.165) is 18.4 Å². The first kappa shape index (κ1) is 12.9. The van der Waals surface area contributed by atoms with Crippen LogP contribution in [-0.4, -0.2) is 37.5 Å². The van der Waals surface area contributed by atoms with Gasteiger partial charge in [-0.25, -0.2) is 0 Å². The maximum Gasteiger partial charge on any atom is 0.0698 e. The Labute approximate surface area is 93.2 Å². The third-order valence-corrected chi connectivity index (χ3v) is 3.09. The summed E-state index contributed by atoms with van der Waals surface area (Å²) < 4.78 is 5.22. The molecule has 0 aromatic rings. The molecule has 90 valence electrons. The van der Waals surface area contributed by atoms with E-state index in [1.54, 1.807) is 0 Å². The van der Waals surface area contributed by atoms with Crippen LogP contribution in [0, 0.1) is 11.8 Å². The van der Waals surface area contributed by atoms with Crippen LogP contribution in [0.5, 0.6) is 0 Å². The van der Waals surface area contributed by atoms with E-state index in [9.17, 15) is 0 Å². The van der Waals surface area contributed by atoms with Crippen molar-refractivity contribution in [3.63, 3.8) is 0 Å². The standard InChI is InChI=1S/C12H25NO2/c1-10-7-11(2)9-12(8-10)13-3-5-15-6-4-14/h10-14H,3-9H2,1-2H3/t10-,11+,12?. The van der Waals surface area contributed by atoms with Crippen LogP contribution in [0.4, 0.5) is 0 Å². The van der Waals surface area contributed by atoms with E-state index in [4.69, 9.17) is 9.84 Å². The summed E-state index contributed by atoms with van der Waals surface area (Å²) in [6.07, 6.45) is 3.97. The molecule has 0 spiro atoms. The Balaban J connectivity index is 2.04. The molecule has 0 heterocycles. The molecule has 1 unspecified atom stereocenters. The van der Waals surface area contributed by atoms with Crippen molar-refractivity contribution >= 4 is 0 Å². The predicted molar refractivity (Wildman–Crippen MR) is 61.9 cm³/mol. The van der Waals surface area contributed by atoms with Gasteiger partial charge in [0, 0.05) is 12.6 Å². The van der Waals surface area contributed by atoms with Crippen LogP contribution < -0.4 is 5.32 Å². The average Bonchev–Trinajstić information content (AvgIpc) is 2.16. The molecule has 0 amide bonds. The van der Waals surface area contributed by atoms with Gasteiger partial charge in [-0.15, -0.1) is 0 Å². The van der Waals surface area contributed by atoms with Crippen molar-refractivity contribution in [3.05, 3.63) is 0 Å². The van der Waals surface area contributed by atoms with Crippen molar-refractivity contribution in [2.75, 3.05) is 26.4 Å². The molecule has 1 saturated carbocycles. The lowest BCUT2D eigenvalue weighted by atomic mass is 9.80. The van der Waals surface area contributed by atoms with Gasteiger partial charge < -0.3 is 15.2 Å². The molecule has 15 heavy (non-hydrogen) atoms. The molecule has 1 rings (SSSR count). The van der Waals surface area contributed by atoms with E-state index < -0.39 is 0 Å². The first-order chi connectivity index (χ1) is 7.22. The topological polar surface area (TPSA) is 41.5 Å². The van der Waals surface area contributed by atoms with Crippen molar-refractivity contribution in [1.82, 2.24) is 5.32 Å². The number of hydrogen-bond acceptors (Lipinski definition) is 3. The fraction of sp³-hybridized carbons (Fsp3) is 1.00. The highest BCUT2D eigenvalue weighted by atomic mass is 16.5. The van der Waals surface area contributed by atoms with E-state index in [1.807, 2.05) is 0 Å². The SMILES string of the molecule is C[C@@H]1CC(NCCOCCO)C[C@H](C)C1. The summed E-state index contributed by atoms with van der Waals surface area (Å²) in [6.45, 7) is 6.87. The van der Waals surface area contributed by atoms with Gasteiger partial charge in [-0.2, -0.15) is 0 Å². The Kier molecular flexibility index (Phi) is 6.22. The monoisotopic (exact) mass is 215 g/mol. The van der Waals surface area contributed by atoms with Crippen LogP contribution in [0.2, 0.25) is 0 Å². The zero-order valence-corrected chi connectivity index (χ0v) is 10.0. The Bertz CT molecular complexity index is 154. The van der Waals surface area contributed by atoms with E-state index in [-0.39, 0.29) is 6.61 Å². The minimum absolute atomic E-state index is 0.123. The number of aliphatic hydroxyl groups excluding tert-OH is 1. The molecule has 1 aliphatic rings. The summed E-state index contributed by atoms with van der Waals surface area (Å²) in [5.41, 5.74) is 0. The first-order valence-electron chi connectivity index (χ1n) is 6.14. The van der Waals surface area contributed by atoms with Crippen molar-refractivity contribution in [2.24, 2.45) is 11.8 Å². The molecular formula is C12H25NO2. The predicted octanol–water partition coefficient (Wildman–Crippen LogP) is 1.41. The van der Waals surface area contributed by atoms with Gasteiger partial charge in [-0.3, -0.25) is 0 Å². The molecule has 0 aromatic heterocycles. The van der Waals surface area contributed by atoms with Gasteiger partial charge in [-0.1, -0.05) is 13.8 Å². The fourth-order valence-corrected chi connectivity index (χ4v) is 2.62. The molecule has 3 nitrogen and oxygen atoms in total. The minimum Gasteiger partial charge on any atom is -0.394 e. The number of aliphatic hydroxyl groups is 1. The third kappa shape index (κ3) is 5.50. The van der Waals surface area contributed by atoms with Crippen LogP contribution in [0.15, 0.2) is 0 Å². The number of ether oxygens (including phenoxy) is 1.